The van der Waals surface area contributed by atoms with Gasteiger partial charge in [-0.05, 0) is 0 Å². The number of alkyl halides is 1. The van der Waals surface area contributed by atoms with E-state index in [4.69, 9.17) is 21.3 Å². The van der Waals surface area contributed by atoms with Crippen LogP contribution in [0.15, 0.2) is 12.4 Å². The summed E-state index contributed by atoms with van der Waals surface area (Å²) in [5, 5.41) is 19.3. The minimum atomic E-state index is -1.77. The van der Waals surface area contributed by atoms with Crippen molar-refractivity contribution < 1.29 is 24.1 Å². The summed E-state index contributed by atoms with van der Waals surface area (Å²) in [7, 11) is 0. The number of amides is 1. The molecule has 1 aliphatic rings. The van der Waals surface area contributed by atoms with Crippen molar-refractivity contribution in [2.45, 2.75) is 24.6 Å². The normalized spacial score (nSPS) is 28.3. The zero-order valence-corrected chi connectivity index (χ0v) is 11.3. The summed E-state index contributed by atoms with van der Waals surface area (Å²) in [6.07, 6.45) is -3.05. The fourth-order valence-corrected chi connectivity index (χ4v) is 2.52. The molecule has 0 aliphatic carbocycles. The highest BCUT2D eigenvalue weighted by Crippen LogP contribution is 2.34. The third-order valence-corrected chi connectivity index (χ3v) is 3.60. The van der Waals surface area contributed by atoms with Crippen molar-refractivity contribution in [2.24, 2.45) is 5.73 Å². The average Bonchev–Trinajstić information content (AvgIpc) is 2.98. The van der Waals surface area contributed by atoms with E-state index in [9.17, 15) is 14.3 Å². The van der Waals surface area contributed by atoms with Crippen LogP contribution in [0.5, 0.6) is 0 Å². The Morgan fingerprint density at radius 1 is 1.55 bits per heavy atom. The lowest BCUT2D eigenvalue weighted by atomic mass is 10.1. The third kappa shape index (κ3) is 2.08. The van der Waals surface area contributed by atoms with E-state index in [2.05, 4.69) is 9.97 Å². The van der Waals surface area contributed by atoms with Crippen LogP contribution >= 0.6 is 0 Å². The summed E-state index contributed by atoms with van der Waals surface area (Å²) < 4.78 is 20.4. The van der Waals surface area contributed by atoms with E-state index in [0.717, 1.165) is 0 Å². The number of carbonyl (C=O) groups excluding carboxylic acids is 1. The molecule has 1 aliphatic heterocycles. The SMILES string of the molecule is NC(=O)c1cn(C2O[C@H](CO)[C@@H](F)[C@H]2O)c2nc(N)ncc12. The van der Waals surface area contributed by atoms with Crippen LogP contribution in [0.3, 0.4) is 0 Å². The number of aliphatic hydroxyl groups is 2. The summed E-state index contributed by atoms with van der Waals surface area (Å²) in [6, 6.07) is 0. The second-order valence-corrected chi connectivity index (χ2v) is 4.96. The Labute approximate surface area is 123 Å². The number of nitrogens with zero attached hydrogens (tertiary/aromatic N) is 3. The van der Waals surface area contributed by atoms with Gasteiger partial charge in [0.25, 0.3) is 5.91 Å². The van der Waals surface area contributed by atoms with Crippen molar-refractivity contribution in [3.63, 3.8) is 0 Å². The number of hydrogen-bond acceptors (Lipinski definition) is 7. The molecule has 1 fully saturated rings. The lowest BCUT2D eigenvalue weighted by Crippen LogP contribution is -2.29. The molecule has 2 aromatic rings. The number of anilines is 1. The first-order valence-corrected chi connectivity index (χ1v) is 6.45. The van der Waals surface area contributed by atoms with Crippen molar-refractivity contribution in [1.82, 2.24) is 14.5 Å². The van der Waals surface area contributed by atoms with Gasteiger partial charge in [-0.2, -0.15) is 4.98 Å². The summed E-state index contributed by atoms with van der Waals surface area (Å²) >= 11 is 0. The van der Waals surface area contributed by atoms with Crippen LogP contribution in [0.1, 0.15) is 16.6 Å². The Balaban J connectivity index is 2.15. The lowest BCUT2D eigenvalue weighted by molar-refractivity contribution is -0.0493. The van der Waals surface area contributed by atoms with Crippen molar-refractivity contribution in [3.05, 3.63) is 18.0 Å². The van der Waals surface area contributed by atoms with Crippen LogP contribution in [-0.2, 0) is 4.74 Å². The van der Waals surface area contributed by atoms with Gasteiger partial charge in [0.2, 0.25) is 5.95 Å². The zero-order valence-electron chi connectivity index (χ0n) is 11.3. The minimum Gasteiger partial charge on any atom is -0.394 e. The highest BCUT2D eigenvalue weighted by atomic mass is 19.1. The number of fused-ring (bicyclic) bond motifs is 1. The highest BCUT2D eigenvalue weighted by Gasteiger charge is 2.45. The standard InChI is InChI=1S/C12H14FN5O4/c13-7-6(3-19)22-11(8(7)20)18-2-5(9(14)21)4-1-16-12(15)17-10(4)18/h1-2,6-8,11,19-20H,3H2,(H2,14,21)(H2,15,16,17)/t6-,7-,8-,11?/m1/s1. The largest absolute Gasteiger partial charge is 0.394 e. The molecule has 1 saturated heterocycles. The first-order chi connectivity index (χ1) is 10.4. The summed E-state index contributed by atoms with van der Waals surface area (Å²) in [6.45, 7) is -0.590. The fraction of sp³-hybridized carbons (Fsp3) is 0.417. The molecule has 6 N–H and O–H groups in total. The Morgan fingerprint density at radius 2 is 2.27 bits per heavy atom. The molecule has 0 radical (unpaired) electrons. The van der Waals surface area contributed by atoms with Gasteiger partial charge in [-0.15, -0.1) is 0 Å². The van der Waals surface area contributed by atoms with Gasteiger partial charge in [-0.25, -0.2) is 9.37 Å². The minimum absolute atomic E-state index is 0.0640. The Morgan fingerprint density at radius 3 is 2.86 bits per heavy atom. The van der Waals surface area contributed by atoms with Crippen molar-refractivity contribution in [2.75, 3.05) is 12.3 Å². The molecule has 1 unspecified atom stereocenters. The molecule has 0 spiro atoms. The van der Waals surface area contributed by atoms with Crippen LogP contribution in [0.2, 0.25) is 0 Å². The van der Waals surface area contributed by atoms with E-state index in [1.54, 1.807) is 0 Å². The zero-order chi connectivity index (χ0) is 16.0. The van der Waals surface area contributed by atoms with Crippen LogP contribution in [0.4, 0.5) is 10.3 Å². The second kappa shape index (κ2) is 5.16. The van der Waals surface area contributed by atoms with Crippen LogP contribution in [-0.4, -0.2) is 55.6 Å². The molecule has 9 nitrogen and oxygen atoms in total. The predicted octanol–water partition coefficient (Wildman–Crippen LogP) is -1.30. The number of primary amides is 1. The molecular weight excluding hydrogens is 297 g/mol. The summed E-state index contributed by atoms with van der Waals surface area (Å²) in [4.78, 5) is 19.3. The van der Waals surface area contributed by atoms with Crippen LogP contribution in [0, 0.1) is 0 Å². The second-order valence-electron chi connectivity index (χ2n) is 4.96. The van der Waals surface area contributed by atoms with E-state index in [1.165, 1.54) is 17.0 Å². The number of aromatic nitrogens is 3. The van der Waals surface area contributed by atoms with Gasteiger partial charge >= 0.3 is 0 Å². The summed E-state index contributed by atoms with van der Waals surface area (Å²) in [5.41, 5.74) is 11.1. The van der Waals surface area contributed by atoms with E-state index < -0.39 is 37.1 Å². The van der Waals surface area contributed by atoms with Gasteiger partial charge < -0.3 is 31.0 Å². The number of rotatable bonds is 3. The number of hydrogen-bond donors (Lipinski definition) is 4. The molecule has 3 heterocycles. The van der Waals surface area contributed by atoms with Gasteiger partial charge in [0.05, 0.1) is 17.6 Å². The van der Waals surface area contributed by atoms with Gasteiger partial charge in [-0.3, -0.25) is 4.79 Å². The molecule has 2 aromatic heterocycles. The van der Waals surface area contributed by atoms with Gasteiger partial charge in [-0.1, -0.05) is 0 Å². The molecule has 10 heteroatoms. The predicted molar refractivity (Wildman–Crippen MR) is 72.4 cm³/mol. The van der Waals surface area contributed by atoms with Gasteiger partial charge in [0.1, 0.15) is 17.9 Å². The van der Waals surface area contributed by atoms with Crippen molar-refractivity contribution >= 4 is 22.9 Å². The molecule has 3 rings (SSSR count). The maximum atomic E-state index is 13.9. The number of nitrogens with two attached hydrogens (primary N) is 2. The number of carbonyl (C=O) groups is 1. The van der Waals surface area contributed by atoms with E-state index in [-0.39, 0.29) is 17.2 Å². The van der Waals surface area contributed by atoms with Gasteiger partial charge in [0, 0.05) is 12.4 Å². The van der Waals surface area contributed by atoms with E-state index in [1.807, 2.05) is 0 Å². The first kappa shape index (κ1) is 14.6. The molecule has 0 saturated carbocycles. The van der Waals surface area contributed by atoms with Crippen molar-refractivity contribution in [1.29, 1.82) is 0 Å². The molecule has 1 amide bonds. The smallest absolute Gasteiger partial charge is 0.250 e. The highest BCUT2D eigenvalue weighted by molar-refractivity contribution is 6.05. The fourth-order valence-electron chi connectivity index (χ4n) is 2.52. The Kier molecular flexibility index (Phi) is 3.43. The molecule has 4 atom stereocenters. The maximum absolute atomic E-state index is 13.9. The van der Waals surface area contributed by atoms with E-state index in [0.29, 0.717) is 5.39 Å². The summed E-state index contributed by atoms with van der Waals surface area (Å²) in [5.74, 6) is -0.800. The van der Waals surface area contributed by atoms with Crippen LogP contribution in [0.25, 0.3) is 11.0 Å². The number of halogens is 1. The quantitative estimate of drug-likeness (QED) is 0.550. The molecule has 0 aromatic carbocycles. The van der Waals surface area contributed by atoms with Crippen LogP contribution < -0.4 is 11.5 Å². The van der Waals surface area contributed by atoms with Gasteiger partial charge in [0.15, 0.2) is 12.4 Å². The number of ether oxygens (including phenoxy) is 1. The van der Waals surface area contributed by atoms with E-state index >= 15 is 0 Å². The maximum Gasteiger partial charge on any atom is 0.250 e. The molecule has 22 heavy (non-hydrogen) atoms. The molecule has 0 bridgehead atoms. The Bertz CT molecular complexity index is 736. The molecule has 118 valence electrons. The number of nitrogen functional groups attached to an aromatic ring is 1. The average molecular weight is 311 g/mol. The Hall–Kier alpha value is -2.30. The first-order valence-electron chi connectivity index (χ1n) is 6.45. The number of aliphatic hydroxyl groups excluding tert-OH is 2. The third-order valence-electron chi connectivity index (χ3n) is 3.60. The van der Waals surface area contributed by atoms with Crippen molar-refractivity contribution in [3.8, 4) is 0 Å². The lowest BCUT2D eigenvalue weighted by Gasteiger charge is -2.16. The monoisotopic (exact) mass is 311 g/mol. The molecular formula is C12H14FN5O4. The topological polar surface area (TPSA) is 150 Å².